The molecule has 124 valence electrons. The van der Waals surface area contributed by atoms with Gasteiger partial charge in [0, 0.05) is 43.7 Å². The van der Waals surface area contributed by atoms with Gasteiger partial charge in [0.1, 0.15) is 0 Å². The Morgan fingerprint density at radius 2 is 1.92 bits per heavy atom. The Labute approximate surface area is 141 Å². The number of benzene rings is 1. The third-order valence-corrected chi connectivity index (χ3v) is 4.44. The van der Waals surface area contributed by atoms with E-state index in [0.717, 1.165) is 17.8 Å². The quantitative estimate of drug-likeness (QED) is 0.882. The Morgan fingerprint density at radius 1 is 1.17 bits per heavy atom. The summed E-state index contributed by atoms with van der Waals surface area (Å²) in [6.45, 7) is 3.59. The fourth-order valence-electron chi connectivity index (χ4n) is 3.03. The number of amides is 2. The minimum Gasteiger partial charge on any atom is -0.355 e. The lowest BCUT2D eigenvalue weighted by Gasteiger charge is -2.34. The first kappa shape index (κ1) is 16.1. The van der Waals surface area contributed by atoms with Crippen molar-refractivity contribution in [1.29, 1.82) is 0 Å². The molecule has 1 aliphatic rings. The van der Waals surface area contributed by atoms with Crippen molar-refractivity contribution in [3.05, 3.63) is 65.5 Å². The monoisotopic (exact) mass is 323 g/mol. The highest BCUT2D eigenvalue weighted by Crippen LogP contribution is 2.25. The van der Waals surface area contributed by atoms with Gasteiger partial charge in [-0.15, -0.1) is 0 Å². The van der Waals surface area contributed by atoms with Crippen LogP contribution in [0.4, 0.5) is 0 Å². The second-order valence-electron chi connectivity index (χ2n) is 5.87. The van der Waals surface area contributed by atoms with Gasteiger partial charge >= 0.3 is 0 Å². The number of aromatic nitrogens is 1. The van der Waals surface area contributed by atoms with E-state index in [0.29, 0.717) is 12.1 Å². The zero-order valence-electron chi connectivity index (χ0n) is 13.9. The minimum absolute atomic E-state index is 0.00493. The lowest BCUT2D eigenvalue weighted by Crippen LogP contribution is -2.39. The molecule has 3 rings (SSSR count). The van der Waals surface area contributed by atoms with Crippen molar-refractivity contribution < 1.29 is 9.59 Å². The molecule has 1 aromatic carbocycles. The zero-order valence-corrected chi connectivity index (χ0v) is 13.9. The smallest absolute Gasteiger partial charge is 0.251 e. The highest BCUT2D eigenvalue weighted by atomic mass is 16.2. The molecule has 24 heavy (non-hydrogen) atoms. The number of hydrogen-bond donors (Lipinski definition) is 1. The van der Waals surface area contributed by atoms with E-state index in [-0.39, 0.29) is 17.9 Å². The van der Waals surface area contributed by atoms with Crippen molar-refractivity contribution in [2.75, 3.05) is 13.6 Å². The highest BCUT2D eigenvalue weighted by Gasteiger charge is 2.25. The fourth-order valence-corrected chi connectivity index (χ4v) is 3.03. The average Bonchev–Trinajstić information content (AvgIpc) is 3.09. The summed E-state index contributed by atoms with van der Waals surface area (Å²) < 4.78 is 2.19. The molecule has 1 aliphatic heterocycles. The molecule has 2 heterocycles. The van der Waals surface area contributed by atoms with Gasteiger partial charge in [-0.1, -0.05) is 12.1 Å². The van der Waals surface area contributed by atoms with Gasteiger partial charge in [0.25, 0.3) is 5.91 Å². The summed E-state index contributed by atoms with van der Waals surface area (Å²) in [5.74, 6) is -0.114. The number of hydrogen-bond acceptors (Lipinski definition) is 2. The van der Waals surface area contributed by atoms with Crippen LogP contribution in [0.2, 0.25) is 0 Å². The largest absolute Gasteiger partial charge is 0.355 e. The molecule has 0 spiro atoms. The van der Waals surface area contributed by atoms with Crippen molar-refractivity contribution in [3.8, 4) is 0 Å². The summed E-state index contributed by atoms with van der Waals surface area (Å²) >= 11 is 0. The molecule has 1 aromatic heterocycles. The number of nitrogens with one attached hydrogen (secondary N) is 1. The summed E-state index contributed by atoms with van der Waals surface area (Å²) in [4.78, 5) is 25.9. The molecule has 5 heteroatoms. The first-order valence-electron chi connectivity index (χ1n) is 8.06. The van der Waals surface area contributed by atoms with E-state index in [1.54, 1.807) is 31.3 Å². The first-order valence-corrected chi connectivity index (χ1v) is 8.06. The highest BCUT2D eigenvalue weighted by molar-refractivity contribution is 5.95. The van der Waals surface area contributed by atoms with Crippen LogP contribution in [-0.4, -0.2) is 34.9 Å². The summed E-state index contributed by atoms with van der Waals surface area (Å²) in [6, 6.07) is 11.3. The molecule has 0 bridgehead atoms. The molecule has 2 amide bonds. The molecule has 1 N–H and O–H groups in total. The van der Waals surface area contributed by atoms with Gasteiger partial charge in [0.2, 0.25) is 5.91 Å². The van der Waals surface area contributed by atoms with E-state index >= 15 is 0 Å². The predicted molar refractivity (Wildman–Crippen MR) is 93.4 cm³/mol. The number of carbonyl (C=O) groups is 2. The van der Waals surface area contributed by atoms with Crippen LogP contribution in [0, 0.1) is 0 Å². The standard InChI is InChI=1S/C19H21N3O2/c1-14-17-4-3-11-21(17)12-13-22(14)18(23)10-7-15-5-8-16(9-6-15)19(24)20-2/h3-11,14H,12-13H2,1-2H3,(H,20,24)/b10-7+. The fraction of sp³-hybridized carbons (Fsp3) is 0.263. The second-order valence-corrected chi connectivity index (χ2v) is 5.87. The Morgan fingerprint density at radius 3 is 2.62 bits per heavy atom. The SMILES string of the molecule is CNC(=O)c1ccc(/C=C/C(=O)N2CCn3cccc3C2C)cc1. The van der Waals surface area contributed by atoms with Crippen molar-refractivity contribution in [2.24, 2.45) is 0 Å². The lowest BCUT2D eigenvalue weighted by molar-refractivity contribution is -0.129. The summed E-state index contributed by atoms with van der Waals surface area (Å²) in [5, 5.41) is 2.59. The Balaban J connectivity index is 1.68. The molecule has 1 atom stereocenters. The normalized spacial score (nSPS) is 16.9. The number of carbonyl (C=O) groups excluding carboxylic acids is 2. The lowest BCUT2D eigenvalue weighted by atomic mass is 10.1. The third kappa shape index (κ3) is 3.11. The predicted octanol–water partition coefficient (Wildman–Crippen LogP) is 2.46. The van der Waals surface area contributed by atoms with E-state index in [2.05, 4.69) is 29.1 Å². The summed E-state index contributed by atoms with van der Waals surface area (Å²) in [7, 11) is 1.60. The maximum Gasteiger partial charge on any atom is 0.251 e. The Kier molecular flexibility index (Phi) is 4.51. The third-order valence-electron chi connectivity index (χ3n) is 4.44. The molecule has 0 radical (unpaired) electrons. The zero-order chi connectivity index (χ0) is 17.1. The van der Waals surface area contributed by atoms with Crippen molar-refractivity contribution in [2.45, 2.75) is 19.5 Å². The van der Waals surface area contributed by atoms with Crippen molar-refractivity contribution >= 4 is 17.9 Å². The molecule has 0 fully saturated rings. The Bertz CT molecular complexity index is 774. The van der Waals surface area contributed by atoms with Gasteiger partial charge < -0.3 is 14.8 Å². The van der Waals surface area contributed by atoms with Gasteiger partial charge in [0.15, 0.2) is 0 Å². The molecule has 1 unspecified atom stereocenters. The molecule has 0 saturated carbocycles. The summed E-state index contributed by atoms with van der Waals surface area (Å²) in [6.07, 6.45) is 5.44. The van der Waals surface area contributed by atoms with Gasteiger partial charge in [-0.05, 0) is 42.8 Å². The number of nitrogens with zero attached hydrogens (tertiary/aromatic N) is 2. The van der Waals surface area contributed by atoms with Gasteiger partial charge in [-0.3, -0.25) is 9.59 Å². The second kappa shape index (κ2) is 6.74. The van der Waals surface area contributed by atoms with Gasteiger partial charge in [-0.25, -0.2) is 0 Å². The molecular formula is C19H21N3O2. The van der Waals surface area contributed by atoms with Crippen molar-refractivity contribution in [1.82, 2.24) is 14.8 Å². The van der Waals surface area contributed by atoms with E-state index in [1.807, 2.05) is 23.1 Å². The first-order chi connectivity index (χ1) is 11.6. The van der Waals surface area contributed by atoms with Gasteiger partial charge in [0.05, 0.1) is 6.04 Å². The minimum atomic E-state index is -0.119. The van der Waals surface area contributed by atoms with Crippen molar-refractivity contribution in [3.63, 3.8) is 0 Å². The number of fused-ring (bicyclic) bond motifs is 1. The van der Waals surface area contributed by atoms with E-state index in [4.69, 9.17) is 0 Å². The van der Waals surface area contributed by atoms with Crippen LogP contribution in [0.15, 0.2) is 48.7 Å². The maximum atomic E-state index is 12.5. The van der Waals surface area contributed by atoms with E-state index < -0.39 is 0 Å². The molecule has 2 aromatic rings. The van der Waals surface area contributed by atoms with Crippen LogP contribution in [0.1, 0.15) is 34.6 Å². The van der Waals surface area contributed by atoms with E-state index in [9.17, 15) is 9.59 Å². The van der Waals surface area contributed by atoms with Crippen LogP contribution in [0.3, 0.4) is 0 Å². The van der Waals surface area contributed by atoms with Crippen LogP contribution < -0.4 is 5.32 Å². The number of rotatable bonds is 3. The van der Waals surface area contributed by atoms with Gasteiger partial charge in [-0.2, -0.15) is 0 Å². The average molecular weight is 323 g/mol. The molecule has 5 nitrogen and oxygen atoms in total. The van der Waals surface area contributed by atoms with Crippen LogP contribution in [0.5, 0.6) is 0 Å². The van der Waals surface area contributed by atoms with Crippen LogP contribution in [-0.2, 0) is 11.3 Å². The van der Waals surface area contributed by atoms with Crippen LogP contribution >= 0.6 is 0 Å². The van der Waals surface area contributed by atoms with E-state index in [1.165, 1.54) is 0 Å². The van der Waals surface area contributed by atoms with Crippen LogP contribution in [0.25, 0.3) is 6.08 Å². The topological polar surface area (TPSA) is 54.3 Å². The summed E-state index contributed by atoms with van der Waals surface area (Å²) in [5.41, 5.74) is 2.66. The molecule has 0 aliphatic carbocycles. The Hall–Kier alpha value is -2.82. The molecular weight excluding hydrogens is 302 g/mol. The maximum absolute atomic E-state index is 12.5. The molecule has 0 saturated heterocycles.